The molecule has 1 unspecified atom stereocenters. The van der Waals surface area contributed by atoms with Gasteiger partial charge in [-0.15, -0.1) is 0 Å². The number of nitro benzene ring substituents is 1. The summed E-state index contributed by atoms with van der Waals surface area (Å²) in [4.78, 5) is 10.1. The first-order valence-corrected chi connectivity index (χ1v) is 8.79. The van der Waals surface area contributed by atoms with E-state index in [2.05, 4.69) is 4.72 Å². The monoisotopic (exact) mass is 354 g/mol. The number of halogens is 1. The standard InChI is InChI=1S/C15H15ClN2O4S/c1-11(14-4-2-3-5-15(14)16)17-23(21,22)10-12-6-8-13(9-7-12)18(19)20/h2-9,11,17H,10H2,1H3. The molecule has 122 valence electrons. The molecule has 0 aliphatic carbocycles. The Morgan fingerprint density at radius 2 is 1.78 bits per heavy atom. The van der Waals surface area contributed by atoms with Crippen LogP contribution in [0.5, 0.6) is 0 Å². The predicted molar refractivity (Wildman–Crippen MR) is 88.7 cm³/mol. The maximum atomic E-state index is 12.2. The first-order valence-electron chi connectivity index (χ1n) is 6.76. The molecule has 0 radical (unpaired) electrons. The molecule has 2 rings (SSSR count). The smallest absolute Gasteiger partial charge is 0.258 e. The fourth-order valence-electron chi connectivity index (χ4n) is 2.13. The summed E-state index contributed by atoms with van der Waals surface area (Å²) < 4.78 is 27.0. The van der Waals surface area contributed by atoms with Gasteiger partial charge in [0.2, 0.25) is 10.0 Å². The fraction of sp³-hybridized carbons (Fsp3) is 0.200. The predicted octanol–water partition coefficient (Wildman–Crippen LogP) is 3.43. The molecule has 23 heavy (non-hydrogen) atoms. The van der Waals surface area contributed by atoms with Crippen molar-refractivity contribution in [3.8, 4) is 0 Å². The van der Waals surface area contributed by atoms with Crippen molar-refractivity contribution in [2.24, 2.45) is 0 Å². The van der Waals surface area contributed by atoms with Crippen molar-refractivity contribution in [1.82, 2.24) is 4.72 Å². The van der Waals surface area contributed by atoms with Crippen LogP contribution in [0.1, 0.15) is 24.1 Å². The highest BCUT2D eigenvalue weighted by Gasteiger charge is 2.18. The lowest BCUT2D eigenvalue weighted by Crippen LogP contribution is -2.28. The van der Waals surface area contributed by atoms with Crippen molar-refractivity contribution in [2.45, 2.75) is 18.7 Å². The Bertz CT molecular complexity index is 806. The van der Waals surface area contributed by atoms with Gasteiger partial charge in [-0.25, -0.2) is 13.1 Å². The summed E-state index contributed by atoms with van der Waals surface area (Å²) in [5.41, 5.74) is 1.07. The van der Waals surface area contributed by atoms with Crippen LogP contribution in [-0.4, -0.2) is 13.3 Å². The summed E-state index contributed by atoms with van der Waals surface area (Å²) >= 11 is 6.06. The third kappa shape index (κ3) is 4.75. The van der Waals surface area contributed by atoms with Crippen LogP contribution < -0.4 is 4.72 Å². The van der Waals surface area contributed by atoms with E-state index in [-0.39, 0.29) is 11.4 Å². The third-order valence-corrected chi connectivity index (χ3v) is 5.00. The summed E-state index contributed by atoms with van der Waals surface area (Å²) in [5, 5.41) is 11.1. The molecule has 0 aliphatic heterocycles. The van der Waals surface area contributed by atoms with Crippen molar-refractivity contribution in [3.05, 3.63) is 74.8 Å². The Morgan fingerprint density at radius 3 is 2.35 bits per heavy atom. The van der Waals surface area contributed by atoms with Gasteiger partial charge in [0, 0.05) is 23.2 Å². The maximum absolute atomic E-state index is 12.2. The summed E-state index contributed by atoms with van der Waals surface area (Å²) in [7, 11) is -3.61. The zero-order chi connectivity index (χ0) is 17.0. The average molecular weight is 355 g/mol. The zero-order valence-corrected chi connectivity index (χ0v) is 13.8. The highest BCUT2D eigenvalue weighted by atomic mass is 35.5. The molecule has 0 saturated heterocycles. The average Bonchev–Trinajstić information content (AvgIpc) is 2.47. The molecule has 0 saturated carbocycles. The largest absolute Gasteiger partial charge is 0.269 e. The van der Waals surface area contributed by atoms with Crippen LogP contribution in [0.4, 0.5) is 5.69 Å². The minimum Gasteiger partial charge on any atom is -0.258 e. The topological polar surface area (TPSA) is 89.3 Å². The van der Waals surface area contributed by atoms with Gasteiger partial charge in [-0.1, -0.05) is 41.9 Å². The number of sulfonamides is 1. The Labute approximate surface area is 139 Å². The van der Waals surface area contributed by atoms with Crippen molar-refractivity contribution >= 4 is 27.3 Å². The summed E-state index contributed by atoms with van der Waals surface area (Å²) in [6.07, 6.45) is 0. The van der Waals surface area contributed by atoms with Crippen LogP contribution >= 0.6 is 11.6 Å². The summed E-state index contributed by atoms with van der Waals surface area (Å²) in [6, 6.07) is 11.9. The van der Waals surface area contributed by atoms with E-state index in [9.17, 15) is 18.5 Å². The lowest BCUT2D eigenvalue weighted by atomic mass is 10.1. The van der Waals surface area contributed by atoms with Crippen LogP contribution in [-0.2, 0) is 15.8 Å². The van der Waals surface area contributed by atoms with E-state index in [4.69, 9.17) is 11.6 Å². The van der Waals surface area contributed by atoms with Crippen LogP contribution in [0, 0.1) is 10.1 Å². The summed E-state index contributed by atoms with van der Waals surface area (Å²) in [5.74, 6) is -0.264. The Morgan fingerprint density at radius 1 is 1.17 bits per heavy atom. The number of hydrogen-bond acceptors (Lipinski definition) is 4. The molecule has 2 aromatic rings. The van der Waals surface area contributed by atoms with Crippen molar-refractivity contribution < 1.29 is 13.3 Å². The van der Waals surface area contributed by atoms with Crippen molar-refractivity contribution in [1.29, 1.82) is 0 Å². The molecular weight excluding hydrogens is 340 g/mol. The number of hydrogen-bond donors (Lipinski definition) is 1. The Hall–Kier alpha value is -1.96. The normalized spacial score (nSPS) is 12.8. The van der Waals surface area contributed by atoms with Gasteiger partial charge in [0.05, 0.1) is 10.7 Å². The van der Waals surface area contributed by atoms with Gasteiger partial charge in [0.25, 0.3) is 5.69 Å². The van der Waals surface area contributed by atoms with Gasteiger partial charge >= 0.3 is 0 Å². The number of nitrogens with zero attached hydrogens (tertiary/aromatic N) is 1. The van der Waals surface area contributed by atoms with E-state index < -0.39 is 21.0 Å². The van der Waals surface area contributed by atoms with E-state index in [1.54, 1.807) is 31.2 Å². The summed E-state index contributed by atoms with van der Waals surface area (Å²) in [6.45, 7) is 1.70. The lowest BCUT2D eigenvalue weighted by Gasteiger charge is -2.16. The third-order valence-electron chi connectivity index (χ3n) is 3.23. The van der Waals surface area contributed by atoms with Crippen molar-refractivity contribution in [3.63, 3.8) is 0 Å². The second-order valence-electron chi connectivity index (χ2n) is 5.04. The number of nitrogens with one attached hydrogen (secondary N) is 1. The maximum Gasteiger partial charge on any atom is 0.269 e. The molecule has 0 spiro atoms. The Kier molecular flexibility index (Phi) is 5.35. The molecule has 0 bridgehead atoms. The fourth-order valence-corrected chi connectivity index (χ4v) is 3.81. The van der Waals surface area contributed by atoms with Crippen LogP contribution in [0.3, 0.4) is 0 Å². The first kappa shape index (κ1) is 17.4. The van der Waals surface area contributed by atoms with E-state index in [0.717, 1.165) is 0 Å². The van der Waals surface area contributed by atoms with Gasteiger partial charge in [-0.2, -0.15) is 0 Å². The quantitative estimate of drug-likeness (QED) is 0.635. The van der Waals surface area contributed by atoms with Gasteiger partial charge in [-0.3, -0.25) is 10.1 Å². The molecule has 1 N–H and O–H groups in total. The van der Waals surface area contributed by atoms with Gasteiger partial charge in [-0.05, 0) is 24.1 Å². The molecule has 0 amide bonds. The first-order chi connectivity index (χ1) is 10.8. The highest BCUT2D eigenvalue weighted by Crippen LogP contribution is 2.23. The van der Waals surface area contributed by atoms with Gasteiger partial charge in [0.1, 0.15) is 0 Å². The van der Waals surface area contributed by atoms with Gasteiger partial charge < -0.3 is 0 Å². The number of non-ortho nitro benzene ring substituents is 1. The van der Waals surface area contributed by atoms with E-state index in [0.29, 0.717) is 16.1 Å². The molecule has 1 atom stereocenters. The number of benzene rings is 2. The van der Waals surface area contributed by atoms with E-state index in [1.807, 2.05) is 0 Å². The highest BCUT2D eigenvalue weighted by molar-refractivity contribution is 7.88. The van der Waals surface area contributed by atoms with Crippen LogP contribution in [0.15, 0.2) is 48.5 Å². The zero-order valence-electron chi connectivity index (χ0n) is 12.3. The molecule has 0 aliphatic rings. The second kappa shape index (κ2) is 7.08. The van der Waals surface area contributed by atoms with Crippen molar-refractivity contribution in [2.75, 3.05) is 0 Å². The van der Waals surface area contributed by atoms with Crippen LogP contribution in [0.25, 0.3) is 0 Å². The molecule has 8 heteroatoms. The van der Waals surface area contributed by atoms with E-state index >= 15 is 0 Å². The molecular formula is C15H15ClN2O4S. The minimum absolute atomic E-state index is 0.0801. The number of nitro groups is 1. The second-order valence-corrected chi connectivity index (χ2v) is 7.20. The Balaban J connectivity index is 2.10. The number of rotatable bonds is 6. The van der Waals surface area contributed by atoms with E-state index in [1.165, 1.54) is 24.3 Å². The molecule has 0 heterocycles. The minimum atomic E-state index is -3.61. The molecule has 0 aromatic heterocycles. The molecule has 6 nitrogen and oxygen atoms in total. The molecule has 0 fully saturated rings. The van der Waals surface area contributed by atoms with Crippen LogP contribution in [0.2, 0.25) is 5.02 Å². The molecule has 2 aromatic carbocycles. The lowest BCUT2D eigenvalue weighted by molar-refractivity contribution is -0.384. The van der Waals surface area contributed by atoms with Gasteiger partial charge in [0.15, 0.2) is 0 Å². The SMILES string of the molecule is CC(NS(=O)(=O)Cc1ccc([N+](=O)[O-])cc1)c1ccccc1Cl.